The largest absolute Gasteiger partial charge is 0.493 e. The van der Waals surface area contributed by atoms with Crippen LogP contribution in [0.5, 0.6) is 11.5 Å². The number of benzene rings is 1. The maximum Gasteiger partial charge on any atom is 0.344 e. The van der Waals surface area contributed by atoms with Gasteiger partial charge in [-0.1, -0.05) is 13.0 Å². The minimum Gasteiger partial charge on any atom is -0.493 e. The Morgan fingerprint density at radius 2 is 2.22 bits per heavy atom. The summed E-state index contributed by atoms with van der Waals surface area (Å²) < 4.78 is 10.8. The Bertz CT molecular complexity index is 406. The van der Waals surface area contributed by atoms with E-state index in [0.717, 1.165) is 12.0 Å². The average molecular weight is 253 g/mol. The fourth-order valence-electron chi connectivity index (χ4n) is 1.36. The third-order valence-corrected chi connectivity index (χ3v) is 2.38. The van der Waals surface area contributed by atoms with Crippen molar-refractivity contribution < 1.29 is 19.4 Å². The fourth-order valence-corrected chi connectivity index (χ4v) is 1.36. The van der Waals surface area contributed by atoms with Crippen molar-refractivity contribution in [1.29, 1.82) is 0 Å². The molecule has 1 atom stereocenters. The summed E-state index contributed by atoms with van der Waals surface area (Å²) in [7, 11) is 0. The molecule has 0 aliphatic carbocycles. The SMILES string of the molecule is CCCOc1ccc(CN)c(OC(C)C(=O)O)c1. The van der Waals surface area contributed by atoms with Crippen LogP contribution >= 0.6 is 0 Å². The van der Waals surface area contributed by atoms with E-state index in [-0.39, 0.29) is 6.54 Å². The van der Waals surface area contributed by atoms with Crippen LogP contribution in [0.15, 0.2) is 18.2 Å². The van der Waals surface area contributed by atoms with Gasteiger partial charge in [0.25, 0.3) is 0 Å². The zero-order valence-electron chi connectivity index (χ0n) is 10.7. The lowest BCUT2D eigenvalue weighted by Gasteiger charge is -2.15. The summed E-state index contributed by atoms with van der Waals surface area (Å²) in [6, 6.07) is 5.27. The number of carboxylic acids is 1. The van der Waals surface area contributed by atoms with E-state index < -0.39 is 12.1 Å². The number of ether oxygens (including phenoxy) is 2. The zero-order chi connectivity index (χ0) is 13.5. The van der Waals surface area contributed by atoms with Gasteiger partial charge in [0, 0.05) is 18.2 Å². The molecule has 0 aliphatic heterocycles. The number of rotatable bonds is 7. The Hall–Kier alpha value is -1.75. The van der Waals surface area contributed by atoms with Crippen molar-refractivity contribution in [2.75, 3.05) is 6.61 Å². The van der Waals surface area contributed by atoms with Gasteiger partial charge in [-0.15, -0.1) is 0 Å². The molecule has 1 aromatic rings. The summed E-state index contributed by atoms with van der Waals surface area (Å²) in [5, 5.41) is 8.83. The average Bonchev–Trinajstić information content (AvgIpc) is 2.36. The second-order valence-electron chi connectivity index (χ2n) is 3.92. The van der Waals surface area contributed by atoms with E-state index in [1.165, 1.54) is 6.92 Å². The molecule has 1 aromatic carbocycles. The summed E-state index contributed by atoms with van der Waals surface area (Å²) in [5.74, 6) is 0.0977. The maximum absolute atomic E-state index is 10.8. The molecular weight excluding hydrogens is 234 g/mol. The lowest BCUT2D eigenvalue weighted by molar-refractivity contribution is -0.144. The lowest BCUT2D eigenvalue weighted by Crippen LogP contribution is -2.23. The van der Waals surface area contributed by atoms with Crippen molar-refractivity contribution in [3.05, 3.63) is 23.8 Å². The lowest BCUT2D eigenvalue weighted by atomic mass is 10.2. The van der Waals surface area contributed by atoms with Crippen LogP contribution in [-0.2, 0) is 11.3 Å². The molecule has 0 bridgehead atoms. The first kappa shape index (κ1) is 14.3. The molecule has 0 aromatic heterocycles. The first-order chi connectivity index (χ1) is 8.58. The van der Waals surface area contributed by atoms with Crippen LogP contribution in [0, 0.1) is 0 Å². The predicted molar refractivity (Wildman–Crippen MR) is 67.8 cm³/mol. The van der Waals surface area contributed by atoms with Gasteiger partial charge in [0.1, 0.15) is 11.5 Å². The number of hydrogen-bond acceptors (Lipinski definition) is 4. The van der Waals surface area contributed by atoms with Gasteiger partial charge in [-0.2, -0.15) is 0 Å². The normalized spacial score (nSPS) is 11.9. The van der Waals surface area contributed by atoms with Gasteiger partial charge in [0.15, 0.2) is 6.10 Å². The van der Waals surface area contributed by atoms with Crippen molar-refractivity contribution in [1.82, 2.24) is 0 Å². The highest BCUT2D eigenvalue weighted by molar-refractivity contribution is 5.72. The second-order valence-corrected chi connectivity index (χ2v) is 3.92. The second kappa shape index (κ2) is 6.86. The first-order valence-corrected chi connectivity index (χ1v) is 5.93. The van der Waals surface area contributed by atoms with E-state index in [1.807, 2.05) is 6.92 Å². The Labute approximate surface area is 107 Å². The molecule has 0 saturated heterocycles. The van der Waals surface area contributed by atoms with Gasteiger partial charge < -0.3 is 20.3 Å². The van der Waals surface area contributed by atoms with E-state index in [1.54, 1.807) is 18.2 Å². The van der Waals surface area contributed by atoms with Gasteiger partial charge in [-0.3, -0.25) is 0 Å². The molecule has 0 heterocycles. The monoisotopic (exact) mass is 253 g/mol. The molecule has 0 fully saturated rings. The van der Waals surface area contributed by atoms with Crippen LogP contribution in [0.4, 0.5) is 0 Å². The van der Waals surface area contributed by atoms with Crippen LogP contribution in [0.25, 0.3) is 0 Å². The molecule has 1 unspecified atom stereocenters. The topological polar surface area (TPSA) is 81.8 Å². The molecule has 0 aliphatic rings. The Morgan fingerprint density at radius 3 is 2.78 bits per heavy atom. The molecule has 5 nitrogen and oxygen atoms in total. The van der Waals surface area contributed by atoms with Crippen LogP contribution in [0.1, 0.15) is 25.8 Å². The Morgan fingerprint density at radius 1 is 1.50 bits per heavy atom. The minimum atomic E-state index is -1.02. The molecule has 18 heavy (non-hydrogen) atoms. The molecule has 0 spiro atoms. The number of carboxylic acid groups (broad SMARTS) is 1. The summed E-state index contributed by atoms with van der Waals surface area (Å²) in [4.78, 5) is 10.8. The summed E-state index contributed by atoms with van der Waals surface area (Å²) in [6.07, 6.45) is -0.0166. The van der Waals surface area contributed by atoms with Gasteiger partial charge in [-0.05, 0) is 19.4 Å². The van der Waals surface area contributed by atoms with Crippen molar-refractivity contribution in [2.45, 2.75) is 32.9 Å². The number of aliphatic carboxylic acids is 1. The van der Waals surface area contributed by atoms with Gasteiger partial charge in [0.05, 0.1) is 6.61 Å². The third-order valence-electron chi connectivity index (χ3n) is 2.38. The van der Waals surface area contributed by atoms with Crippen molar-refractivity contribution in [3.8, 4) is 11.5 Å². The minimum absolute atomic E-state index is 0.287. The zero-order valence-corrected chi connectivity index (χ0v) is 10.7. The van der Waals surface area contributed by atoms with Gasteiger partial charge in [-0.25, -0.2) is 4.79 Å². The molecule has 1 rings (SSSR count). The van der Waals surface area contributed by atoms with E-state index >= 15 is 0 Å². The molecule has 100 valence electrons. The molecule has 0 saturated carbocycles. The van der Waals surface area contributed by atoms with Crippen LogP contribution in [-0.4, -0.2) is 23.8 Å². The predicted octanol–water partition coefficient (Wildman–Crippen LogP) is 1.79. The highest BCUT2D eigenvalue weighted by atomic mass is 16.5. The van der Waals surface area contributed by atoms with Crippen molar-refractivity contribution in [2.24, 2.45) is 5.73 Å². The van der Waals surface area contributed by atoms with Crippen molar-refractivity contribution >= 4 is 5.97 Å². The summed E-state index contributed by atoms with van der Waals surface area (Å²) in [6.45, 7) is 4.38. The van der Waals surface area contributed by atoms with Crippen LogP contribution < -0.4 is 15.2 Å². The van der Waals surface area contributed by atoms with E-state index in [2.05, 4.69) is 0 Å². The molecule has 3 N–H and O–H groups in total. The quantitative estimate of drug-likeness (QED) is 0.774. The first-order valence-electron chi connectivity index (χ1n) is 5.93. The summed E-state index contributed by atoms with van der Waals surface area (Å²) in [5.41, 5.74) is 6.34. The van der Waals surface area contributed by atoms with Crippen LogP contribution in [0.2, 0.25) is 0 Å². The number of hydrogen-bond donors (Lipinski definition) is 2. The molecular formula is C13H19NO4. The van der Waals surface area contributed by atoms with E-state index in [4.69, 9.17) is 20.3 Å². The van der Waals surface area contributed by atoms with Gasteiger partial charge >= 0.3 is 5.97 Å². The van der Waals surface area contributed by atoms with Crippen molar-refractivity contribution in [3.63, 3.8) is 0 Å². The standard InChI is InChI=1S/C13H19NO4/c1-3-6-17-11-5-4-10(8-14)12(7-11)18-9(2)13(15)16/h4-5,7,9H,3,6,8,14H2,1-2H3,(H,15,16). The molecule has 0 radical (unpaired) electrons. The maximum atomic E-state index is 10.8. The van der Waals surface area contributed by atoms with E-state index in [0.29, 0.717) is 18.1 Å². The Balaban J connectivity index is 2.87. The van der Waals surface area contributed by atoms with Gasteiger partial charge in [0.2, 0.25) is 0 Å². The molecule has 0 amide bonds. The highest BCUT2D eigenvalue weighted by Gasteiger charge is 2.15. The molecule has 5 heteroatoms. The highest BCUT2D eigenvalue weighted by Crippen LogP contribution is 2.25. The smallest absolute Gasteiger partial charge is 0.344 e. The number of carbonyl (C=O) groups is 1. The fraction of sp³-hybridized carbons (Fsp3) is 0.462. The third kappa shape index (κ3) is 3.92. The summed E-state index contributed by atoms with van der Waals surface area (Å²) >= 11 is 0. The Kier molecular flexibility index (Phi) is 5.45. The number of nitrogens with two attached hydrogens (primary N) is 1. The van der Waals surface area contributed by atoms with E-state index in [9.17, 15) is 4.79 Å². The van der Waals surface area contributed by atoms with Crippen LogP contribution in [0.3, 0.4) is 0 Å².